The Balaban J connectivity index is 1.95. The monoisotopic (exact) mass is 243 g/mol. The lowest BCUT2D eigenvalue weighted by atomic mass is 10.2. The van der Waals surface area contributed by atoms with E-state index in [-0.39, 0.29) is 5.91 Å². The summed E-state index contributed by atoms with van der Waals surface area (Å²) in [6, 6.07) is 9.75. The van der Waals surface area contributed by atoms with Crippen LogP contribution in [0.2, 0.25) is 0 Å². The first-order chi connectivity index (χ1) is 8.78. The molecule has 0 aliphatic carbocycles. The van der Waals surface area contributed by atoms with Gasteiger partial charge in [0, 0.05) is 24.5 Å². The molecule has 0 atom stereocenters. The quantitative estimate of drug-likeness (QED) is 0.877. The summed E-state index contributed by atoms with van der Waals surface area (Å²) < 4.78 is 1.87. The summed E-state index contributed by atoms with van der Waals surface area (Å²) in [5.41, 5.74) is 2.00. The third kappa shape index (κ3) is 3.45. The maximum Gasteiger partial charge on any atom is 0.224 e. The molecule has 18 heavy (non-hydrogen) atoms. The summed E-state index contributed by atoms with van der Waals surface area (Å²) in [6.45, 7) is 2.74. The van der Waals surface area contributed by atoms with Crippen LogP contribution >= 0.6 is 0 Å². The van der Waals surface area contributed by atoms with Gasteiger partial charge in [-0.2, -0.15) is 5.10 Å². The highest BCUT2D eigenvalue weighted by Crippen LogP contribution is 2.11. The van der Waals surface area contributed by atoms with Crippen molar-refractivity contribution >= 4 is 11.6 Å². The van der Waals surface area contributed by atoms with Gasteiger partial charge >= 0.3 is 0 Å². The highest BCUT2D eigenvalue weighted by atomic mass is 16.1. The normalized spacial score (nSPS) is 10.3. The minimum atomic E-state index is 0.0670. The van der Waals surface area contributed by atoms with E-state index in [1.54, 1.807) is 6.20 Å². The average Bonchev–Trinajstić information content (AvgIpc) is 2.85. The lowest BCUT2D eigenvalue weighted by molar-refractivity contribution is -0.116. The number of amides is 1. The Labute approximate surface area is 107 Å². The molecule has 0 saturated carbocycles. The van der Waals surface area contributed by atoms with Crippen LogP contribution in [0.25, 0.3) is 0 Å². The van der Waals surface area contributed by atoms with Gasteiger partial charge in [0.2, 0.25) is 5.91 Å². The summed E-state index contributed by atoms with van der Waals surface area (Å²) in [5, 5.41) is 7.02. The summed E-state index contributed by atoms with van der Waals surface area (Å²) in [6.07, 6.45) is 5.12. The second kappa shape index (κ2) is 6.00. The minimum Gasteiger partial charge on any atom is -0.326 e. The fraction of sp³-hybridized carbons (Fsp3) is 0.286. The van der Waals surface area contributed by atoms with Crippen LogP contribution in [0.5, 0.6) is 0 Å². The molecule has 0 aliphatic heterocycles. The fourth-order valence-electron chi connectivity index (χ4n) is 1.73. The molecular formula is C14H17N3O. The highest BCUT2D eigenvalue weighted by Gasteiger charge is 2.01. The molecule has 0 radical (unpaired) electrons. The number of aromatic nitrogens is 2. The number of anilines is 1. The molecule has 0 spiro atoms. The van der Waals surface area contributed by atoms with Gasteiger partial charge in [-0.1, -0.05) is 19.1 Å². The molecule has 4 nitrogen and oxygen atoms in total. The van der Waals surface area contributed by atoms with Crippen molar-refractivity contribution in [1.29, 1.82) is 0 Å². The van der Waals surface area contributed by atoms with Crippen molar-refractivity contribution < 1.29 is 4.79 Å². The largest absolute Gasteiger partial charge is 0.326 e. The van der Waals surface area contributed by atoms with Gasteiger partial charge in [-0.25, -0.2) is 0 Å². The fourth-order valence-corrected chi connectivity index (χ4v) is 1.73. The van der Waals surface area contributed by atoms with Crippen LogP contribution in [0.15, 0.2) is 42.7 Å². The first-order valence-corrected chi connectivity index (χ1v) is 6.14. The summed E-state index contributed by atoms with van der Waals surface area (Å²) in [4.78, 5) is 11.4. The van der Waals surface area contributed by atoms with Gasteiger partial charge in [-0.3, -0.25) is 9.48 Å². The van der Waals surface area contributed by atoms with Crippen LogP contribution in [0.3, 0.4) is 0 Å². The molecule has 2 aromatic rings. The van der Waals surface area contributed by atoms with Crippen molar-refractivity contribution in [2.24, 2.45) is 0 Å². The van der Waals surface area contributed by atoms with Gasteiger partial charge in [-0.05, 0) is 30.2 Å². The number of nitrogens with zero attached hydrogens (tertiary/aromatic N) is 2. The van der Waals surface area contributed by atoms with Gasteiger partial charge in [0.15, 0.2) is 0 Å². The zero-order chi connectivity index (χ0) is 12.8. The number of nitrogens with one attached hydrogen (secondary N) is 1. The molecule has 1 heterocycles. The van der Waals surface area contributed by atoms with Crippen molar-refractivity contribution in [2.75, 3.05) is 5.32 Å². The Morgan fingerprint density at radius 1 is 1.33 bits per heavy atom. The van der Waals surface area contributed by atoms with E-state index in [0.717, 1.165) is 24.2 Å². The van der Waals surface area contributed by atoms with Crippen molar-refractivity contribution in [1.82, 2.24) is 9.78 Å². The van der Waals surface area contributed by atoms with Crippen LogP contribution in [0.4, 0.5) is 5.69 Å². The van der Waals surface area contributed by atoms with E-state index in [4.69, 9.17) is 0 Å². The molecule has 0 bridgehead atoms. The molecule has 1 aromatic heterocycles. The smallest absolute Gasteiger partial charge is 0.224 e. The van der Waals surface area contributed by atoms with Crippen LogP contribution in [-0.2, 0) is 11.3 Å². The van der Waals surface area contributed by atoms with Crippen molar-refractivity contribution in [3.8, 4) is 0 Å². The number of hydrogen-bond donors (Lipinski definition) is 1. The molecule has 1 amide bonds. The van der Waals surface area contributed by atoms with Gasteiger partial charge < -0.3 is 5.32 Å². The predicted molar refractivity (Wildman–Crippen MR) is 71.3 cm³/mol. The number of hydrogen-bond acceptors (Lipinski definition) is 2. The maximum atomic E-state index is 11.4. The molecule has 0 fully saturated rings. The van der Waals surface area contributed by atoms with Crippen molar-refractivity contribution in [3.05, 3.63) is 48.3 Å². The van der Waals surface area contributed by atoms with Crippen molar-refractivity contribution in [3.63, 3.8) is 0 Å². The number of benzene rings is 1. The van der Waals surface area contributed by atoms with Crippen LogP contribution in [0.1, 0.15) is 25.3 Å². The molecule has 94 valence electrons. The SMILES string of the molecule is CCCC(=O)Nc1ccc(Cn2cccn2)cc1. The first-order valence-electron chi connectivity index (χ1n) is 6.14. The Hall–Kier alpha value is -2.10. The summed E-state index contributed by atoms with van der Waals surface area (Å²) >= 11 is 0. The molecule has 0 saturated heterocycles. The lowest BCUT2D eigenvalue weighted by Gasteiger charge is -2.06. The first kappa shape index (κ1) is 12.4. The predicted octanol–water partition coefficient (Wildman–Crippen LogP) is 2.67. The second-order valence-corrected chi connectivity index (χ2v) is 4.20. The average molecular weight is 243 g/mol. The highest BCUT2D eigenvalue weighted by molar-refractivity contribution is 5.90. The lowest BCUT2D eigenvalue weighted by Crippen LogP contribution is -2.10. The Bertz CT molecular complexity index is 488. The van der Waals surface area contributed by atoms with Gasteiger partial charge in [0.1, 0.15) is 0 Å². The zero-order valence-electron chi connectivity index (χ0n) is 10.5. The zero-order valence-corrected chi connectivity index (χ0v) is 10.5. The van der Waals surface area contributed by atoms with Crippen LogP contribution < -0.4 is 5.32 Å². The second-order valence-electron chi connectivity index (χ2n) is 4.20. The third-order valence-electron chi connectivity index (χ3n) is 2.62. The van der Waals surface area contributed by atoms with Crippen LogP contribution in [-0.4, -0.2) is 15.7 Å². The molecule has 0 aliphatic rings. The van der Waals surface area contributed by atoms with E-state index in [9.17, 15) is 4.79 Å². The molecule has 0 unspecified atom stereocenters. The minimum absolute atomic E-state index is 0.0670. The molecular weight excluding hydrogens is 226 g/mol. The van der Waals surface area contributed by atoms with Gasteiger partial charge in [0.05, 0.1) is 6.54 Å². The Morgan fingerprint density at radius 2 is 2.11 bits per heavy atom. The third-order valence-corrected chi connectivity index (χ3v) is 2.62. The summed E-state index contributed by atoms with van der Waals surface area (Å²) in [5.74, 6) is 0.0670. The van der Waals surface area contributed by atoms with E-state index in [0.29, 0.717) is 6.42 Å². The Morgan fingerprint density at radius 3 is 2.72 bits per heavy atom. The van der Waals surface area contributed by atoms with Crippen LogP contribution in [0, 0.1) is 0 Å². The Kier molecular flexibility index (Phi) is 4.12. The number of carbonyl (C=O) groups is 1. The van der Waals surface area contributed by atoms with Gasteiger partial charge in [-0.15, -0.1) is 0 Å². The van der Waals surface area contributed by atoms with E-state index >= 15 is 0 Å². The molecule has 4 heteroatoms. The topological polar surface area (TPSA) is 46.9 Å². The van der Waals surface area contributed by atoms with E-state index in [1.165, 1.54) is 0 Å². The molecule has 1 N–H and O–H groups in total. The number of rotatable bonds is 5. The van der Waals surface area contributed by atoms with Gasteiger partial charge in [0.25, 0.3) is 0 Å². The van der Waals surface area contributed by atoms with E-state index < -0.39 is 0 Å². The molecule has 2 rings (SSSR count). The summed E-state index contributed by atoms with van der Waals surface area (Å²) in [7, 11) is 0. The van der Waals surface area contributed by atoms with E-state index in [2.05, 4.69) is 10.4 Å². The standard InChI is InChI=1S/C14H17N3O/c1-2-4-14(18)16-13-7-5-12(6-8-13)11-17-10-3-9-15-17/h3,5-10H,2,4,11H2,1H3,(H,16,18). The van der Waals surface area contributed by atoms with Crippen molar-refractivity contribution in [2.45, 2.75) is 26.3 Å². The maximum absolute atomic E-state index is 11.4. The van der Waals surface area contributed by atoms with E-state index in [1.807, 2.05) is 48.1 Å². The molecule has 1 aromatic carbocycles. The number of carbonyl (C=O) groups excluding carboxylic acids is 1.